The van der Waals surface area contributed by atoms with Crippen LogP contribution < -0.4 is 4.74 Å². The molecule has 4 rings (SSSR count). The number of hydrogen-bond acceptors (Lipinski definition) is 3. The molecule has 146 valence electrons. The number of carbonyl (C=O) groups is 1. The molecule has 0 unspecified atom stereocenters. The Morgan fingerprint density at radius 1 is 0.931 bits per heavy atom. The van der Waals surface area contributed by atoms with Gasteiger partial charge in [0.25, 0.3) is 0 Å². The molecule has 29 heavy (non-hydrogen) atoms. The van der Waals surface area contributed by atoms with Crippen molar-refractivity contribution in [2.45, 2.75) is 12.8 Å². The molecule has 0 aliphatic heterocycles. The maximum absolute atomic E-state index is 12.8. The van der Waals surface area contributed by atoms with Gasteiger partial charge in [0, 0.05) is 10.9 Å². The molecule has 0 bridgehead atoms. The fourth-order valence-electron chi connectivity index (χ4n) is 3.02. The highest BCUT2D eigenvalue weighted by Crippen LogP contribution is 2.31. The van der Waals surface area contributed by atoms with E-state index in [1.807, 2.05) is 6.07 Å². The molecule has 0 fully saturated rings. The van der Waals surface area contributed by atoms with Crippen LogP contribution in [0.5, 0.6) is 5.75 Å². The van der Waals surface area contributed by atoms with Gasteiger partial charge >= 0.3 is 6.18 Å². The Bertz CT molecular complexity index is 1160. The highest BCUT2D eigenvalue weighted by Gasteiger charge is 2.30. The predicted molar refractivity (Wildman–Crippen MR) is 102 cm³/mol. The second-order valence-corrected chi connectivity index (χ2v) is 6.49. The molecular weight excluding hydrogens is 381 g/mol. The molecule has 0 amide bonds. The van der Waals surface area contributed by atoms with Crippen molar-refractivity contribution in [1.82, 2.24) is 0 Å². The van der Waals surface area contributed by atoms with E-state index >= 15 is 0 Å². The number of benzene rings is 3. The second-order valence-electron chi connectivity index (χ2n) is 6.49. The van der Waals surface area contributed by atoms with E-state index in [-0.39, 0.29) is 12.4 Å². The number of alkyl halides is 3. The van der Waals surface area contributed by atoms with Gasteiger partial charge in [0.2, 0.25) is 0 Å². The lowest BCUT2D eigenvalue weighted by Crippen LogP contribution is -2.06. The number of carbonyl (C=O) groups excluding carboxylic acids is 1. The van der Waals surface area contributed by atoms with Crippen molar-refractivity contribution in [2.24, 2.45) is 0 Å². The Morgan fingerprint density at radius 2 is 1.72 bits per heavy atom. The highest BCUT2D eigenvalue weighted by molar-refractivity contribution is 6.16. The highest BCUT2D eigenvalue weighted by atomic mass is 19.4. The largest absolute Gasteiger partial charge is 0.489 e. The zero-order chi connectivity index (χ0) is 20.4. The molecule has 0 N–H and O–H groups in total. The molecule has 0 aliphatic rings. The van der Waals surface area contributed by atoms with Crippen molar-refractivity contribution in [3.05, 3.63) is 101 Å². The molecule has 3 nitrogen and oxygen atoms in total. The van der Waals surface area contributed by atoms with Crippen LogP contribution in [0.1, 0.15) is 27.0 Å². The van der Waals surface area contributed by atoms with Crippen molar-refractivity contribution >= 4 is 16.8 Å². The Balaban J connectivity index is 1.57. The molecule has 0 saturated heterocycles. The summed E-state index contributed by atoms with van der Waals surface area (Å²) >= 11 is 0. The van der Waals surface area contributed by atoms with Gasteiger partial charge in [-0.2, -0.15) is 13.2 Å². The Hall–Kier alpha value is -3.54. The molecule has 4 aromatic rings. The summed E-state index contributed by atoms with van der Waals surface area (Å²) in [6, 6.07) is 18.8. The van der Waals surface area contributed by atoms with Crippen LogP contribution in [0.2, 0.25) is 0 Å². The Labute approximate surface area is 164 Å². The molecule has 0 saturated carbocycles. The average Bonchev–Trinajstić information content (AvgIpc) is 3.15. The quantitative estimate of drug-likeness (QED) is 0.374. The Morgan fingerprint density at radius 3 is 2.48 bits per heavy atom. The normalized spacial score (nSPS) is 11.6. The minimum absolute atomic E-state index is 0.0325. The summed E-state index contributed by atoms with van der Waals surface area (Å²) in [5.41, 5.74) is 1.13. The van der Waals surface area contributed by atoms with E-state index in [4.69, 9.17) is 9.15 Å². The summed E-state index contributed by atoms with van der Waals surface area (Å²) < 4.78 is 49.7. The fraction of sp³-hybridized carbons (Fsp3) is 0.0870. The molecule has 6 heteroatoms. The van der Waals surface area contributed by atoms with E-state index < -0.39 is 11.7 Å². The van der Waals surface area contributed by atoms with Crippen LogP contribution in [-0.4, -0.2) is 5.78 Å². The predicted octanol–water partition coefficient (Wildman–Crippen LogP) is 6.26. The number of fused-ring (bicyclic) bond motifs is 1. The summed E-state index contributed by atoms with van der Waals surface area (Å²) in [7, 11) is 0. The smallest absolute Gasteiger partial charge is 0.416 e. The van der Waals surface area contributed by atoms with E-state index in [0.717, 1.165) is 12.1 Å². The van der Waals surface area contributed by atoms with E-state index in [1.165, 1.54) is 12.3 Å². The van der Waals surface area contributed by atoms with Crippen molar-refractivity contribution in [3.8, 4) is 5.75 Å². The lowest BCUT2D eigenvalue weighted by molar-refractivity contribution is -0.137. The van der Waals surface area contributed by atoms with Crippen molar-refractivity contribution < 1.29 is 27.1 Å². The topological polar surface area (TPSA) is 39.4 Å². The van der Waals surface area contributed by atoms with E-state index in [1.54, 1.807) is 48.5 Å². The van der Waals surface area contributed by atoms with E-state index in [2.05, 4.69) is 0 Å². The fourth-order valence-corrected chi connectivity index (χ4v) is 3.02. The first-order chi connectivity index (χ1) is 13.9. The Kier molecular flexibility index (Phi) is 4.84. The van der Waals surface area contributed by atoms with Gasteiger partial charge in [-0.25, -0.2) is 0 Å². The van der Waals surface area contributed by atoms with Crippen LogP contribution >= 0.6 is 0 Å². The minimum atomic E-state index is -4.40. The summed E-state index contributed by atoms with van der Waals surface area (Å²) in [6.07, 6.45) is -3.00. The number of halogens is 3. The second kappa shape index (κ2) is 7.47. The van der Waals surface area contributed by atoms with Gasteiger partial charge in [-0.1, -0.05) is 42.5 Å². The lowest BCUT2D eigenvalue weighted by atomic mass is 10.0. The van der Waals surface area contributed by atoms with Gasteiger partial charge in [-0.05, 0) is 35.9 Å². The van der Waals surface area contributed by atoms with Crippen LogP contribution in [-0.2, 0) is 12.8 Å². The van der Waals surface area contributed by atoms with Crippen LogP contribution in [0.15, 0.2) is 83.5 Å². The third-order valence-electron chi connectivity index (χ3n) is 4.49. The SMILES string of the molecule is O=C(c1ccccc1)c1coc2ccc(OCc3cccc(C(F)(F)F)c3)cc12. The maximum atomic E-state index is 12.8. The molecule has 0 radical (unpaired) electrons. The van der Waals surface area contributed by atoms with Crippen molar-refractivity contribution in [3.63, 3.8) is 0 Å². The number of ketones is 1. The number of hydrogen-bond donors (Lipinski definition) is 0. The third kappa shape index (κ3) is 4.01. The van der Waals surface area contributed by atoms with Gasteiger partial charge in [0.1, 0.15) is 24.2 Å². The number of ether oxygens (including phenoxy) is 1. The first-order valence-corrected chi connectivity index (χ1v) is 8.82. The first-order valence-electron chi connectivity index (χ1n) is 8.82. The van der Waals surface area contributed by atoms with Gasteiger partial charge < -0.3 is 9.15 Å². The molecule has 1 heterocycles. The standard InChI is InChI=1S/C23H15F3O3/c24-23(25,26)17-8-4-5-15(11-17)13-28-18-9-10-21-19(12-18)20(14-29-21)22(27)16-6-2-1-3-7-16/h1-12,14H,13H2. The average molecular weight is 396 g/mol. The maximum Gasteiger partial charge on any atom is 0.416 e. The molecule has 0 aliphatic carbocycles. The zero-order valence-electron chi connectivity index (χ0n) is 15.1. The molecule has 0 spiro atoms. The van der Waals surface area contributed by atoms with Crippen LogP contribution in [0.3, 0.4) is 0 Å². The minimum Gasteiger partial charge on any atom is -0.489 e. The molecular formula is C23H15F3O3. The van der Waals surface area contributed by atoms with Gasteiger partial charge in [0.05, 0.1) is 11.1 Å². The molecule has 0 atom stereocenters. The zero-order valence-corrected chi connectivity index (χ0v) is 15.1. The van der Waals surface area contributed by atoms with Crippen molar-refractivity contribution in [2.75, 3.05) is 0 Å². The van der Waals surface area contributed by atoms with Gasteiger partial charge in [-0.15, -0.1) is 0 Å². The van der Waals surface area contributed by atoms with Gasteiger partial charge in [-0.3, -0.25) is 4.79 Å². The number of rotatable bonds is 5. The molecule has 1 aromatic heterocycles. The lowest BCUT2D eigenvalue weighted by Gasteiger charge is -2.10. The van der Waals surface area contributed by atoms with E-state index in [9.17, 15) is 18.0 Å². The summed E-state index contributed by atoms with van der Waals surface area (Å²) in [6.45, 7) is -0.0325. The monoisotopic (exact) mass is 396 g/mol. The number of furan rings is 1. The van der Waals surface area contributed by atoms with Gasteiger partial charge in [0.15, 0.2) is 5.78 Å². The summed E-state index contributed by atoms with van der Waals surface area (Å²) in [5.74, 6) is 0.248. The third-order valence-corrected chi connectivity index (χ3v) is 4.49. The van der Waals surface area contributed by atoms with Crippen molar-refractivity contribution in [1.29, 1.82) is 0 Å². The summed E-state index contributed by atoms with van der Waals surface area (Å²) in [5, 5.41) is 0.584. The van der Waals surface area contributed by atoms with Crippen LogP contribution in [0, 0.1) is 0 Å². The van der Waals surface area contributed by atoms with Crippen LogP contribution in [0.25, 0.3) is 11.0 Å². The first kappa shape index (κ1) is 18.8. The molecule has 3 aromatic carbocycles. The summed E-state index contributed by atoms with van der Waals surface area (Å²) in [4.78, 5) is 12.7. The van der Waals surface area contributed by atoms with E-state index in [0.29, 0.717) is 33.4 Å². The van der Waals surface area contributed by atoms with Crippen LogP contribution in [0.4, 0.5) is 13.2 Å².